The van der Waals surface area contributed by atoms with Gasteiger partial charge in [0.05, 0.1) is 16.6 Å². The van der Waals surface area contributed by atoms with E-state index in [0.717, 1.165) is 49.8 Å². The summed E-state index contributed by atoms with van der Waals surface area (Å²) in [5.74, 6) is 1.91. The van der Waals surface area contributed by atoms with Crippen molar-refractivity contribution in [3.05, 3.63) is 188 Å². The molecule has 0 unspecified atom stereocenters. The van der Waals surface area contributed by atoms with Gasteiger partial charge in [-0.2, -0.15) is 0 Å². The quantitative estimate of drug-likeness (QED) is 0.181. The van der Waals surface area contributed by atoms with Crippen LogP contribution in [0, 0.1) is 0 Å². The second-order valence-electron chi connectivity index (χ2n) is 13.7. The minimum atomic E-state index is 0.628. The van der Waals surface area contributed by atoms with E-state index >= 15 is 0 Å². The molecule has 0 N–H and O–H groups in total. The lowest BCUT2D eigenvalue weighted by Gasteiger charge is -2.12. The van der Waals surface area contributed by atoms with E-state index in [9.17, 15) is 0 Å². The van der Waals surface area contributed by atoms with Gasteiger partial charge in [0.25, 0.3) is 0 Å². The number of hydrogen-bond acceptors (Lipinski definition) is 3. The molecular formula is C49H31N5. The number of para-hydroxylation sites is 3. The maximum atomic E-state index is 5.11. The Labute approximate surface area is 311 Å². The second-order valence-corrected chi connectivity index (χ2v) is 13.7. The molecule has 0 saturated heterocycles. The van der Waals surface area contributed by atoms with Gasteiger partial charge in [-0.15, -0.1) is 0 Å². The molecule has 0 aliphatic carbocycles. The standard InChI is InChI=1S/C49H31N5/c1-2-14-34(15-3-1)45-41-18-8-9-19-42(41)54-44-21-11-10-20-43(44)53(49(45)54)40-28-26-35(27-29-40)46-50-47(38-24-22-32-12-4-6-16-36(32)30-38)52-48(51-46)39-25-23-33-13-5-7-17-37(33)31-39/h1-31H. The lowest BCUT2D eigenvalue weighted by molar-refractivity contribution is 1.07. The van der Waals surface area contributed by atoms with Gasteiger partial charge in [0, 0.05) is 33.3 Å². The first kappa shape index (κ1) is 30.3. The van der Waals surface area contributed by atoms with Crippen LogP contribution in [0.2, 0.25) is 0 Å². The van der Waals surface area contributed by atoms with Gasteiger partial charge >= 0.3 is 0 Å². The SMILES string of the molecule is c1ccc(-c2c3ccccc3n3c4ccccc4n(-c4ccc(-c5nc(-c6ccc7ccccc7c6)nc(-c6ccc7ccccc7c6)n5)cc4)c23)cc1. The van der Waals surface area contributed by atoms with Crippen molar-refractivity contribution >= 4 is 49.1 Å². The Morgan fingerprint density at radius 3 is 1.44 bits per heavy atom. The minimum absolute atomic E-state index is 0.628. The molecule has 8 aromatic carbocycles. The van der Waals surface area contributed by atoms with Crippen molar-refractivity contribution < 1.29 is 0 Å². The first-order chi connectivity index (χ1) is 26.8. The van der Waals surface area contributed by atoms with Gasteiger partial charge in [0.2, 0.25) is 0 Å². The fourth-order valence-corrected chi connectivity index (χ4v) is 7.97. The van der Waals surface area contributed by atoms with Gasteiger partial charge in [-0.3, -0.25) is 8.97 Å². The molecular weight excluding hydrogens is 659 g/mol. The van der Waals surface area contributed by atoms with Gasteiger partial charge in [0.15, 0.2) is 17.5 Å². The summed E-state index contributed by atoms with van der Waals surface area (Å²) in [6.45, 7) is 0. The largest absolute Gasteiger partial charge is 0.293 e. The lowest BCUT2D eigenvalue weighted by atomic mass is 10.0. The van der Waals surface area contributed by atoms with Crippen molar-refractivity contribution in [3.63, 3.8) is 0 Å². The molecule has 0 saturated carbocycles. The molecule has 0 bridgehead atoms. The van der Waals surface area contributed by atoms with Gasteiger partial charge in [-0.25, -0.2) is 15.0 Å². The van der Waals surface area contributed by atoms with Gasteiger partial charge in [-0.05, 0) is 81.7 Å². The molecule has 5 nitrogen and oxygen atoms in total. The molecule has 3 heterocycles. The number of benzene rings is 8. The molecule has 0 atom stereocenters. The summed E-state index contributed by atoms with van der Waals surface area (Å²) in [6, 6.07) is 66.2. The van der Waals surface area contributed by atoms with E-state index in [1.54, 1.807) is 0 Å². The average Bonchev–Trinajstić information content (AvgIpc) is 3.76. The maximum Gasteiger partial charge on any atom is 0.164 e. The first-order valence-corrected chi connectivity index (χ1v) is 18.2. The summed E-state index contributed by atoms with van der Waals surface area (Å²) in [6.07, 6.45) is 0. The number of imidazole rings is 1. The third-order valence-corrected chi connectivity index (χ3v) is 10.5. The predicted octanol–water partition coefficient (Wildman–Crippen LogP) is 12.2. The van der Waals surface area contributed by atoms with Crippen molar-refractivity contribution in [2.45, 2.75) is 0 Å². The smallest absolute Gasteiger partial charge is 0.164 e. The summed E-state index contributed by atoms with van der Waals surface area (Å²) in [5, 5.41) is 5.87. The van der Waals surface area contributed by atoms with Crippen LogP contribution in [0.4, 0.5) is 0 Å². The second kappa shape index (κ2) is 12.1. The number of fused-ring (bicyclic) bond motifs is 7. The third kappa shape index (κ3) is 4.83. The molecule has 11 aromatic rings. The van der Waals surface area contributed by atoms with E-state index in [4.69, 9.17) is 15.0 Å². The number of hydrogen-bond donors (Lipinski definition) is 0. The van der Waals surface area contributed by atoms with Crippen molar-refractivity contribution in [2.75, 3.05) is 0 Å². The molecule has 0 aliphatic rings. The van der Waals surface area contributed by atoms with E-state index < -0.39 is 0 Å². The Bertz CT molecular complexity index is 3110. The summed E-state index contributed by atoms with van der Waals surface area (Å²) >= 11 is 0. The number of nitrogens with zero attached hydrogens (tertiary/aromatic N) is 5. The molecule has 0 amide bonds. The normalized spacial score (nSPS) is 11.7. The number of rotatable bonds is 5. The van der Waals surface area contributed by atoms with Crippen LogP contribution in [0.3, 0.4) is 0 Å². The summed E-state index contributed by atoms with van der Waals surface area (Å²) in [7, 11) is 0. The molecule has 3 aromatic heterocycles. The van der Waals surface area contributed by atoms with Crippen LogP contribution in [0.15, 0.2) is 188 Å². The van der Waals surface area contributed by atoms with E-state index in [-0.39, 0.29) is 0 Å². The van der Waals surface area contributed by atoms with Crippen LogP contribution in [-0.2, 0) is 0 Å². The first-order valence-electron chi connectivity index (χ1n) is 18.2. The fraction of sp³-hybridized carbons (Fsp3) is 0. The maximum absolute atomic E-state index is 5.11. The third-order valence-electron chi connectivity index (χ3n) is 10.5. The predicted molar refractivity (Wildman–Crippen MR) is 222 cm³/mol. The van der Waals surface area contributed by atoms with E-state index in [2.05, 4.69) is 197 Å². The summed E-state index contributed by atoms with van der Waals surface area (Å²) < 4.78 is 4.79. The van der Waals surface area contributed by atoms with Crippen LogP contribution in [0.25, 0.3) is 100 Å². The van der Waals surface area contributed by atoms with Gasteiger partial charge in [0.1, 0.15) is 5.65 Å². The zero-order valence-corrected chi connectivity index (χ0v) is 29.1. The van der Waals surface area contributed by atoms with E-state index in [1.165, 1.54) is 32.8 Å². The van der Waals surface area contributed by atoms with Crippen LogP contribution in [0.5, 0.6) is 0 Å². The molecule has 0 radical (unpaired) electrons. The minimum Gasteiger partial charge on any atom is -0.293 e. The molecule has 54 heavy (non-hydrogen) atoms. The molecule has 5 heteroatoms. The highest BCUT2D eigenvalue weighted by molar-refractivity contribution is 6.09. The Morgan fingerprint density at radius 2 is 0.815 bits per heavy atom. The monoisotopic (exact) mass is 689 g/mol. The average molecular weight is 690 g/mol. The molecule has 0 aliphatic heterocycles. The van der Waals surface area contributed by atoms with Crippen LogP contribution in [0.1, 0.15) is 0 Å². The van der Waals surface area contributed by atoms with Crippen molar-refractivity contribution in [1.29, 1.82) is 0 Å². The fourth-order valence-electron chi connectivity index (χ4n) is 7.97. The van der Waals surface area contributed by atoms with Crippen molar-refractivity contribution in [3.8, 4) is 51.0 Å². The highest BCUT2D eigenvalue weighted by Gasteiger charge is 2.22. The van der Waals surface area contributed by atoms with E-state index in [1.807, 2.05) is 0 Å². The van der Waals surface area contributed by atoms with Crippen LogP contribution in [-0.4, -0.2) is 23.9 Å². The topological polar surface area (TPSA) is 48.0 Å². The molecule has 0 fully saturated rings. The van der Waals surface area contributed by atoms with Gasteiger partial charge < -0.3 is 0 Å². The van der Waals surface area contributed by atoms with E-state index in [0.29, 0.717) is 17.5 Å². The number of aromatic nitrogens is 5. The zero-order chi connectivity index (χ0) is 35.6. The molecule has 252 valence electrons. The Kier molecular flexibility index (Phi) is 6.79. The highest BCUT2D eigenvalue weighted by atomic mass is 15.1. The van der Waals surface area contributed by atoms with Crippen molar-refractivity contribution in [1.82, 2.24) is 23.9 Å². The Hall–Kier alpha value is -7.37. The van der Waals surface area contributed by atoms with Crippen LogP contribution < -0.4 is 0 Å². The lowest BCUT2D eigenvalue weighted by Crippen LogP contribution is -2.01. The summed E-state index contributed by atoms with van der Waals surface area (Å²) in [4.78, 5) is 15.3. The highest BCUT2D eigenvalue weighted by Crippen LogP contribution is 2.41. The van der Waals surface area contributed by atoms with Crippen LogP contribution >= 0.6 is 0 Å². The zero-order valence-electron chi connectivity index (χ0n) is 29.1. The summed E-state index contributed by atoms with van der Waals surface area (Å²) in [5.41, 5.74) is 10.9. The van der Waals surface area contributed by atoms with Crippen molar-refractivity contribution in [2.24, 2.45) is 0 Å². The molecule has 0 spiro atoms. The Morgan fingerprint density at radius 1 is 0.333 bits per heavy atom. The molecule has 11 rings (SSSR count). The van der Waals surface area contributed by atoms with Gasteiger partial charge in [-0.1, -0.05) is 133 Å². The Balaban J connectivity index is 1.10.